The summed E-state index contributed by atoms with van der Waals surface area (Å²) in [5, 5.41) is 15.2. The van der Waals surface area contributed by atoms with Crippen LogP contribution in [0.5, 0.6) is 0 Å². The van der Waals surface area contributed by atoms with Crippen LogP contribution in [0.25, 0.3) is 0 Å². The Kier molecular flexibility index (Phi) is 12.3. The summed E-state index contributed by atoms with van der Waals surface area (Å²) in [5.74, 6) is -0.863. The van der Waals surface area contributed by atoms with Gasteiger partial charge in [0.2, 0.25) is 11.8 Å². The van der Waals surface area contributed by atoms with Crippen molar-refractivity contribution in [3.8, 4) is 0 Å². The lowest BCUT2D eigenvalue weighted by Crippen LogP contribution is -2.54. The molecule has 1 rings (SSSR count). The first-order valence-electron chi connectivity index (χ1n) is 11.4. The topological polar surface area (TPSA) is 108 Å². The number of rotatable bonds is 12. The van der Waals surface area contributed by atoms with E-state index in [1.165, 1.54) is 4.90 Å². The van der Waals surface area contributed by atoms with Gasteiger partial charge in [-0.05, 0) is 45.2 Å². The number of benzene rings is 1. The molecule has 3 N–H and O–H groups in total. The van der Waals surface area contributed by atoms with E-state index in [-0.39, 0.29) is 24.8 Å². The molecule has 2 unspecified atom stereocenters. The van der Waals surface area contributed by atoms with E-state index in [1.807, 2.05) is 19.1 Å². The summed E-state index contributed by atoms with van der Waals surface area (Å²) in [5.41, 5.74) is 0.758. The third kappa shape index (κ3) is 9.63. The Bertz CT molecular complexity index is 782. The van der Waals surface area contributed by atoms with Crippen LogP contribution in [0, 0.1) is 6.92 Å². The Labute approximate surface area is 202 Å². The van der Waals surface area contributed by atoms with Gasteiger partial charge in [-0.25, -0.2) is 4.79 Å². The third-order valence-corrected chi connectivity index (χ3v) is 5.28. The predicted octanol–water partition coefficient (Wildman–Crippen LogP) is 2.99. The number of carbonyl (C=O) groups is 3. The van der Waals surface area contributed by atoms with Crippen LogP contribution in [0.3, 0.4) is 0 Å². The van der Waals surface area contributed by atoms with Crippen LogP contribution < -0.4 is 10.6 Å². The van der Waals surface area contributed by atoms with Gasteiger partial charge in [0.05, 0.1) is 6.61 Å². The Morgan fingerprint density at radius 3 is 2.39 bits per heavy atom. The van der Waals surface area contributed by atoms with E-state index in [1.54, 1.807) is 32.9 Å². The van der Waals surface area contributed by atoms with E-state index in [2.05, 4.69) is 30.2 Å². The average Bonchev–Trinajstić information content (AvgIpc) is 2.74. The van der Waals surface area contributed by atoms with Crippen molar-refractivity contribution >= 4 is 30.5 Å². The molecular formula is C24H39N3O5S. The van der Waals surface area contributed by atoms with Crippen LogP contribution in [0.4, 0.5) is 4.79 Å². The van der Waals surface area contributed by atoms with Crippen LogP contribution in [0.1, 0.15) is 64.1 Å². The molecule has 1 aromatic carbocycles. The second-order valence-electron chi connectivity index (χ2n) is 8.89. The van der Waals surface area contributed by atoms with E-state index in [0.717, 1.165) is 24.8 Å². The minimum absolute atomic E-state index is 0.00137. The normalized spacial score (nSPS) is 13.1. The highest BCUT2D eigenvalue weighted by Crippen LogP contribution is 2.25. The van der Waals surface area contributed by atoms with Crippen LogP contribution in [0.2, 0.25) is 0 Å². The average molecular weight is 482 g/mol. The lowest BCUT2D eigenvalue weighted by Gasteiger charge is -2.34. The molecule has 0 bridgehead atoms. The zero-order valence-corrected chi connectivity index (χ0v) is 21.3. The van der Waals surface area contributed by atoms with Gasteiger partial charge >= 0.3 is 6.09 Å². The molecule has 0 fully saturated rings. The number of carbonyl (C=O) groups excluding carboxylic acids is 3. The highest BCUT2D eigenvalue weighted by Gasteiger charge is 2.36. The van der Waals surface area contributed by atoms with Gasteiger partial charge < -0.3 is 25.4 Å². The van der Waals surface area contributed by atoms with Crippen molar-refractivity contribution in [3.05, 3.63) is 35.4 Å². The minimum atomic E-state index is -1.03. The number of hydrogen-bond donors (Lipinski definition) is 4. The number of ether oxygens (including phenoxy) is 1. The molecule has 8 nitrogen and oxygen atoms in total. The van der Waals surface area contributed by atoms with Gasteiger partial charge in [0.15, 0.2) is 0 Å². The molecule has 0 saturated carbocycles. The maximum atomic E-state index is 13.5. The van der Waals surface area contributed by atoms with Crippen molar-refractivity contribution in [2.75, 3.05) is 25.4 Å². The Hall–Kier alpha value is -2.26. The van der Waals surface area contributed by atoms with E-state index in [9.17, 15) is 19.5 Å². The molecule has 9 heteroatoms. The predicted molar refractivity (Wildman–Crippen MR) is 132 cm³/mol. The standard InChI is InChI=1S/C24H39N3O5S/c1-6-7-10-13-25-21(29)20(18-12-9-8-11-17(18)2)27(14-15-28)22(30)19(16-33)26-23(31)32-24(3,4)5/h8-9,11-12,19-20,28,33H,6-7,10,13-16H2,1-5H3,(H,25,29)(H,26,31). The Morgan fingerprint density at radius 2 is 1.85 bits per heavy atom. The number of nitrogens with one attached hydrogen (secondary N) is 2. The molecule has 1 aromatic rings. The fraction of sp³-hybridized carbons (Fsp3) is 0.625. The SMILES string of the molecule is CCCCCNC(=O)C(c1ccccc1C)N(CCO)C(=O)C(CS)NC(=O)OC(C)(C)C. The van der Waals surface area contributed by atoms with Crippen LogP contribution >= 0.6 is 12.6 Å². The highest BCUT2D eigenvalue weighted by atomic mass is 32.1. The maximum Gasteiger partial charge on any atom is 0.408 e. The zero-order valence-electron chi connectivity index (χ0n) is 20.4. The van der Waals surface area contributed by atoms with E-state index in [4.69, 9.17) is 4.74 Å². The quantitative estimate of drug-likeness (QED) is 0.271. The molecule has 3 amide bonds. The first-order valence-corrected chi connectivity index (χ1v) is 12.0. The summed E-state index contributed by atoms with van der Waals surface area (Å²) >= 11 is 4.23. The van der Waals surface area contributed by atoms with Crippen molar-refractivity contribution in [1.29, 1.82) is 0 Å². The molecule has 0 aliphatic carbocycles. The lowest BCUT2D eigenvalue weighted by atomic mass is 9.98. The second-order valence-corrected chi connectivity index (χ2v) is 9.26. The minimum Gasteiger partial charge on any atom is -0.444 e. The van der Waals surface area contributed by atoms with E-state index >= 15 is 0 Å². The second kappa shape index (κ2) is 14.1. The van der Waals surface area contributed by atoms with Gasteiger partial charge in [0.25, 0.3) is 0 Å². The summed E-state index contributed by atoms with van der Waals surface area (Å²) in [6, 6.07) is 5.32. The molecule has 0 aromatic heterocycles. The molecule has 0 saturated heterocycles. The van der Waals surface area contributed by atoms with Gasteiger partial charge in [-0.3, -0.25) is 9.59 Å². The number of aryl methyl sites for hydroxylation is 1. The smallest absolute Gasteiger partial charge is 0.408 e. The van der Waals surface area contributed by atoms with Gasteiger partial charge in [-0.15, -0.1) is 0 Å². The third-order valence-electron chi connectivity index (χ3n) is 4.92. The summed E-state index contributed by atoms with van der Waals surface area (Å²) in [6.45, 7) is 9.17. The maximum absolute atomic E-state index is 13.5. The van der Waals surface area contributed by atoms with Crippen molar-refractivity contribution in [2.24, 2.45) is 0 Å². The van der Waals surface area contributed by atoms with E-state index in [0.29, 0.717) is 12.1 Å². The highest BCUT2D eigenvalue weighted by molar-refractivity contribution is 7.80. The zero-order chi connectivity index (χ0) is 25.0. The van der Waals surface area contributed by atoms with Gasteiger partial charge in [0, 0.05) is 18.8 Å². The molecule has 186 valence electrons. The number of aliphatic hydroxyl groups is 1. The van der Waals surface area contributed by atoms with Crippen LogP contribution in [-0.4, -0.2) is 65.0 Å². The van der Waals surface area contributed by atoms with Gasteiger partial charge in [-0.2, -0.15) is 12.6 Å². The number of nitrogens with zero attached hydrogens (tertiary/aromatic N) is 1. The first-order chi connectivity index (χ1) is 15.6. The summed E-state index contributed by atoms with van der Waals surface area (Å²) in [7, 11) is 0. The van der Waals surface area contributed by atoms with Crippen molar-refractivity contribution < 1.29 is 24.2 Å². The Balaban J connectivity index is 3.25. The monoisotopic (exact) mass is 481 g/mol. The Morgan fingerprint density at radius 1 is 1.18 bits per heavy atom. The van der Waals surface area contributed by atoms with Crippen LogP contribution in [0.15, 0.2) is 24.3 Å². The number of amides is 3. The number of alkyl carbamates (subject to hydrolysis) is 1. The molecule has 0 aliphatic rings. The summed E-state index contributed by atoms with van der Waals surface area (Å²) < 4.78 is 5.26. The number of aliphatic hydroxyl groups excluding tert-OH is 1. The molecule has 0 radical (unpaired) electrons. The number of hydrogen-bond acceptors (Lipinski definition) is 6. The van der Waals surface area contributed by atoms with Gasteiger partial charge in [-0.1, -0.05) is 44.0 Å². The van der Waals surface area contributed by atoms with Crippen molar-refractivity contribution in [2.45, 2.75) is 71.6 Å². The number of thiol groups is 1. The lowest BCUT2D eigenvalue weighted by molar-refractivity contribution is -0.142. The van der Waals surface area contributed by atoms with Crippen LogP contribution in [-0.2, 0) is 14.3 Å². The molecule has 0 heterocycles. The molecule has 0 aliphatic heterocycles. The molecule has 33 heavy (non-hydrogen) atoms. The summed E-state index contributed by atoms with van der Waals surface area (Å²) in [6.07, 6.45) is 2.08. The summed E-state index contributed by atoms with van der Waals surface area (Å²) in [4.78, 5) is 40.3. The fourth-order valence-corrected chi connectivity index (χ4v) is 3.58. The van der Waals surface area contributed by atoms with Crippen molar-refractivity contribution in [3.63, 3.8) is 0 Å². The molecular weight excluding hydrogens is 442 g/mol. The molecule has 0 spiro atoms. The van der Waals surface area contributed by atoms with E-state index < -0.39 is 29.7 Å². The van der Waals surface area contributed by atoms with Gasteiger partial charge in [0.1, 0.15) is 17.7 Å². The first kappa shape index (κ1) is 28.8. The fourth-order valence-electron chi connectivity index (χ4n) is 3.34. The number of unbranched alkanes of at least 4 members (excludes halogenated alkanes) is 2. The molecule has 2 atom stereocenters. The van der Waals surface area contributed by atoms with Crippen molar-refractivity contribution in [1.82, 2.24) is 15.5 Å². The largest absolute Gasteiger partial charge is 0.444 e.